The largest absolute Gasteiger partial charge is 0.506 e. The Kier molecular flexibility index (Phi) is 2.25. The van der Waals surface area contributed by atoms with Crippen molar-refractivity contribution in [2.75, 3.05) is 0 Å². The number of aromatic hydroxyl groups is 1. The third kappa shape index (κ3) is 1.31. The summed E-state index contributed by atoms with van der Waals surface area (Å²) < 4.78 is 5.59. The maximum Gasteiger partial charge on any atom is 0.396 e. The van der Waals surface area contributed by atoms with E-state index in [0.29, 0.717) is 22.3 Å². The first-order chi connectivity index (χ1) is 6.63. The van der Waals surface area contributed by atoms with Gasteiger partial charge in [0, 0.05) is 11.6 Å². The molecule has 0 aliphatic carbocycles. The molecule has 1 aromatic heterocycles. The van der Waals surface area contributed by atoms with Gasteiger partial charge in [0.1, 0.15) is 5.75 Å². The smallest absolute Gasteiger partial charge is 0.396 e. The molecule has 1 N–H and O–H groups in total. The molecule has 1 aromatic carbocycles. The number of rotatable bonds is 1. The van der Waals surface area contributed by atoms with Gasteiger partial charge in [0.15, 0.2) is 5.58 Å². The topological polar surface area (TPSA) is 50.4 Å². The Hall–Kier alpha value is -1.00. The molecule has 2 aromatic rings. The summed E-state index contributed by atoms with van der Waals surface area (Å²) in [5.41, 5.74) is 1.11. The number of aryl methyl sites for hydroxylation is 1. The standard InChI is InChI=1S/C9H7ClO3S/c1-2-4-7(11)5(10)3-6-8(4)14-9(12)13-6/h3,11H,2H2,1H3. The van der Waals surface area contributed by atoms with E-state index in [1.165, 1.54) is 6.07 Å². The first-order valence-corrected chi connectivity index (χ1v) is 5.27. The Morgan fingerprint density at radius 2 is 2.36 bits per heavy atom. The summed E-state index contributed by atoms with van der Waals surface area (Å²) >= 11 is 6.76. The molecule has 2 rings (SSSR count). The highest BCUT2D eigenvalue weighted by Gasteiger charge is 2.14. The van der Waals surface area contributed by atoms with Crippen LogP contribution in [0, 0.1) is 0 Å². The molecule has 0 saturated heterocycles. The van der Waals surface area contributed by atoms with E-state index in [9.17, 15) is 9.90 Å². The predicted octanol–water partition coefficient (Wildman–Crippen LogP) is 2.78. The van der Waals surface area contributed by atoms with Gasteiger partial charge in [-0.15, -0.1) is 0 Å². The van der Waals surface area contributed by atoms with Gasteiger partial charge in [0.25, 0.3) is 0 Å². The van der Waals surface area contributed by atoms with Crippen molar-refractivity contribution in [1.29, 1.82) is 0 Å². The van der Waals surface area contributed by atoms with Crippen LogP contribution in [0.1, 0.15) is 12.5 Å². The van der Waals surface area contributed by atoms with Crippen LogP contribution < -0.4 is 4.94 Å². The Morgan fingerprint density at radius 3 is 3.00 bits per heavy atom. The minimum atomic E-state index is -0.378. The second-order valence-corrected chi connectivity index (χ2v) is 4.17. The lowest BCUT2D eigenvalue weighted by Gasteiger charge is -2.03. The van der Waals surface area contributed by atoms with Crippen LogP contribution in [0.2, 0.25) is 5.02 Å². The molecule has 0 bridgehead atoms. The molecule has 0 aliphatic heterocycles. The van der Waals surface area contributed by atoms with Gasteiger partial charge in [-0.2, -0.15) is 0 Å². The van der Waals surface area contributed by atoms with Gasteiger partial charge in [-0.05, 0) is 6.42 Å². The zero-order valence-corrected chi connectivity index (χ0v) is 8.91. The van der Waals surface area contributed by atoms with Crippen molar-refractivity contribution < 1.29 is 9.52 Å². The van der Waals surface area contributed by atoms with Gasteiger partial charge in [-0.3, -0.25) is 0 Å². The Morgan fingerprint density at radius 1 is 1.64 bits per heavy atom. The minimum Gasteiger partial charge on any atom is -0.506 e. The summed E-state index contributed by atoms with van der Waals surface area (Å²) in [6.07, 6.45) is 0.609. The van der Waals surface area contributed by atoms with E-state index in [1.807, 2.05) is 6.92 Å². The zero-order chi connectivity index (χ0) is 10.3. The molecule has 0 saturated carbocycles. The molecule has 0 aliphatic rings. The zero-order valence-electron chi connectivity index (χ0n) is 7.33. The number of hydrogen-bond donors (Lipinski definition) is 1. The van der Waals surface area contributed by atoms with Crippen LogP contribution in [0.5, 0.6) is 5.75 Å². The monoisotopic (exact) mass is 230 g/mol. The molecule has 0 amide bonds. The first-order valence-electron chi connectivity index (χ1n) is 4.07. The van der Waals surface area contributed by atoms with Crippen molar-refractivity contribution in [3.05, 3.63) is 26.4 Å². The van der Waals surface area contributed by atoms with E-state index in [2.05, 4.69) is 0 Å². The van der Waals surface area contributed by atoms with Crippen LogP contribution in [0.15, 0.2) is 15.3 Å². The van der Waals surface area contributed by atoms with Gasteiger partial charge < -0.3 is 9.52 Å². The number of halogens is 1. The lowest BCUT2D eigenvalue weighted by atomic mass is 10.1. The van der Waals surface area contributed by atoms with E-state index in [-0.39, 0.29) is 15.7 Å². The van der Waals surface area contributed by atoms with Crippen LogP contribution in [0.3, 0.4) is 0 Å². The molecule has 3 nitrogen and oxygen atoms in total. The number of fused-ring (bicyclic) bond motifs is 1. The Balaban J connectivity index is 2.94. The molecule has 0 spiro atoms. The number of phenolic OH excluding ortho intramolecular Hbond substituents is 1. The Bertz CT molecular complexity index is 541. The second kappa shape index (κ2) is 3.29. The van der Waals surface area contributed by atoms with Crippen LogP contribution in [0.4, 0.5) is 0 Å². The predicted molar refractivity (Wildman–Crippen MR) is 56.4 cm³/mol. The lowest BCUT2D eigenvalue weighted by molar-refractivity contribution is 0.470. The number of hydrogen-bond acceptors (Lipinski definition) is 4. The summed E-state index contributed by atoms with van der Waals surface area (Å²) in [4.78, 5) is 10.6. The summed E-state index contributed by atoms with van der Waals surface area (Å²) in [5.74, 6) is 0.0405. The van der Waals surface area contributed by atoms with Crippen molar-refractivity contribution >= 4 is 33.2 Å². The van der Waals surface area contributed by atoms with Gasteiger partial charge in [0.05, 0.1) is 9.72 Å². The fourth-order valence-electron chi connectivity index (χ4n) is 1.36. The van der Waals surface area contributed by atoms with Crippen LogP contribution in [-0.2, 0) is 6.42 Å². The maximum absolute atomic E-state index is 11.0. The molecule has 74 valence electrons. The summed E-state index contributed by atoms with van der Waals surface area (Å²) in [6.45, 7) is 1.88. The van der Waals surface area contributed by atoms with Crippen molar-refractivity contribution in [2.45, 2.75) is 13.3 Å². The molecule has 5 heteroatoms. The SMILES string of the molecule is CCc1c(O)c(Cl)cc2oc(=O)sc12. The summed E-state index contributed by atoms with van der Waals surface area (Å²) in [6, 6.07) is 1.46. The first kappa shape index (κ1) is 9.55. The quantitative estimate of drug-likeness (QED) is 0.820. The van der Waals surface area contributed by atoms with Gasteiger partial charge in [-0.25, -0.2) is 4.79 Å². The maximum atomic E-state index is 11.0. The average molecular weight is 231 g/mol. The summed E-state index contributed by atoms with van der Waals surface area (Å²) in [7, 11) is 0. The van der Waals surface area contributed by atoms with Crippen molar-refractivity contribution in [2.24, 2.45) is 0 Å². The Labute approximate surface area is 88.5 Å². The third-order valence-electron chi connectivity index (χ3n) is 2.00. The van der Waals surface area contributed by atoms with E-state index in [0.717, 1.165) is 11.3 Å². The van der Waals surface area contributed by atoms with Gasteiger partial charge in [0.2, 0.25) is 0 Å². The number of benzene rings is 1. The van der Waals surface area contributed by atoms with Crippen LogP contribution in [0.25, 0.3) is 10.3 Å². The summed E-state index contributed by atoms with van der Waals surface area (Å²) in [5, 5.41) is 9.85. The molecular formula is C9H7ClO3S. The highest BCUT2D eigenvalue weighted by atomic mass is 35.5. The highest BCUT2D eigenvalue weighted by molar-refractivity contribution is 7.16. The normalized spacial score (nSPS) is 11.0. The second-order valence-electron chi connectivity index (χ2n) is 2.82. The molecule has 0 unspecified atom stereocenters. The molecule has 0 fully saturated rings. The van der Waals surface area contributed by atoms with Gasteiger partial charge in [-0.1, -0.05) is 29.9 Å². The molecule has 14 heavy (non-hydrogen) atoms. The van der Waals surface area contributed by atoms with E-state index in [4.69, 9.17) is 16.0 Å². The molecule has 1 heterocycles. The van der Waals surface area contributed by atoms with Crippen LogP contribution >= 0.6 is 22.9 Å². The van der Waals surface area contributed by atoms with Crippen molar-refractivity contribution in [3.8, 4) is 5.75 Å². The van der Waals surface area contributed by atoms with E-state index < -0.39 is 0 Å². The van der Waals surface area contributed by atoms with E-state index >= 15 is 0 Å². The van der Waals surface area contributed by atoms with Crippen LogP contribution in [-0.4, -0.2) is 5.11 Å². The lowest BCUT2D eigenvalue weighted by Crippen LogP contribution is -1.82. The molecule has 0 atom stereocenters. The number of phenols is 1. The minimum absolute atomic E-state index is 0.0405. The van der Waals surface area contributed by atoms with Crippen molar-refractivity contribution in [1.82, 2.24) is 0 Å². The fraction of sp³-hybridized carbons (Fsp3) is 0.222. The third-order valence-corrected chi connectivity index (χ3v) is 3.19. The molecule has 0 radical (unpaired) electrons. The molecular weight excluding hydrogens is 224 g/mol. The average Bonchev–Trinajstić information content (AvgIpc) is 2.47. The van der Waals surface area contributed by atoms with E-state index in [1.54, 1.807) is 0 Å². The van der Waals surface area contributed by atoms with Crippen molar-refractivity contribution in [3.63, 3.8) is 0 Å². The van der Waals surface area contributed by atoms with Gasteiger partial charge >= 0.3 is 4.94 Å². The highest BCUT2D eigenvalue weighted by Crippen LogP contribution is 2.36. The fourth-order valence-corrected chi connectivity index (χ4v) is 2.44.